The average molecular weight is 487 g/mol. The van der Waals surface area contributed by atoms with E-state index in [2.05, 4.69) is 47.0 Å². The van der Waals surface area contributed by atoms with Crippen molar-refractivity contribution in [1.82, 2.24) is 5.32 Å². The summed E-state index contributed by atoms with van der Waals surface area (Å²) < 4.78 is 0.999. The van der Waals surface area contributed by atoms with E-state index >= 15 is 0 Å². The third-order valence-corrected chi connectivity index (χ3v) is 10.2. The van der Waals surface area contributed by atoms with Crippen LogP contribution in [0.25, 0.3) is 0 Å². The lowest BCUT2D eigenvalue weighted by atomic mass is 9.42. The molecular weight excluding hydrogens is 452 g/mol. The molecular formula is C26H35BrN2O2. The number of anilines is 1. The SMILES string of the molecule is C=C1C[C@@]23CC[C@H]4[C@@](C)(CCC[C@@]4(C)NC(=O)Nc4ccc(Br)cc4)[C@@H]2CC[C@]1(O)C3. The Hall–Kier alpha value is -1.33. The lowest BCUT2D eigenvalue weighted by Gasteiger charge is -2.64. The van der Waals surface area contributed by atoms with Gasteiger partial charge in [0.05, 0.1) is 5.60 Å². The summed E-state index contributed by atoms with van der Waals surface area (Å²) in [6, 6.07) is 7.60. The molecule has 4 aliphatic rings. The van der Waals surface area contributed by atoms with Gasteiger partial charge in [-0.25, -0.2) is 4.79 Å². The van der Waals surface area contributed by atoms with Crippen molar-refractivity contribution in [2.75, 3.05) is 5.32 Å². The minimum Gasteiger partial charge on any atom is -0.386 e. The van der Waals surface area contributed by atoms with Gasteiger partial charge in [-0.3, -0.25) is 0 Å². The Bertz CT molecular complexity index is 916. The van der Waals surface area contributed by atoms with Crippen LogP contribution in [0.15, 0.2) is 40.9 Å². The Labute approximate surface area is 194 Å². The first-order valence-corrected chi connectivity index (χ1v) is 12.6. The Balaban J connectivity index is 1.37. The maximum absolute atomic E-state index is 13.0. The van der Waals surface area contributed by atoms with Crippen LogP contribution in [0.5, 0.6) is 0 Å². The quantitative estimate of drug-likeness (QED) is 0.423. The van der Waals surface area contributed by atoms with Gasteiger partial charge >= 0.3 is 6.03 Å². The summed E-state index contributed by atoms with van der Waals surface area (Å²) in [6.45, 7) is 9.03. The fourth-order valence-electron chi connectivity index (χ4n) is 8.45. The van der Waals surface area contributed by atoms with Crippen LogP contribution in [0.2, 0.25) is 0 Å². The molecule has 0 aliphatic heterocycles. The van der Waals surface area contributed by atoms with Crippen LogP contribution in [0.3, 0.4) is 0 Å². The molecule has 4 nitrogen and oxygen atoms in total. The highest BCUT2D eigenvalue weighted by Gasteiger charge is 2.66. The number of hydrogen-bond donors (Lipinski definition) is 3. The van der Waals surface area contributed by atoms with Crippen LogP contribution in [0, 0.1) is 22.7 Å². The zero-order valence-electron chi connectivity index (χ0n) is 18.8. The predicted octanol–water partition coefficient (Wildman–Crippen LogP) is 6.41. The van der Waals surface area contributed by atoms with Crippen LogP contribution in [0.4, 0.5) is 10.5 Å². The van der Waals surface area contributed by atoms with Gasteiger partial charge in [-0.1, -0.05) is 35.9 Å². The van der Waals surface area contributed by atoms with Crippen LogP contribution in [-0.2, 0) is 0 Å². The molecule has 4 aliphatic carbocycles. The summed E-state index contributed by atoms with van der Waals surface area (Å²) in [5.74, 6) is 1.06. The molecule has 0 heterocycles. The van der Waals surface area contributed by atoms with E-state index in [-0.39, 0.29) is 22.4 Å². The Morgan fingerprint density at radius 1 is 1.10 bits per heavy atom. The largest absolute Gasteiger partial charge is 0.386 e. The van der Waals surface area contributed by atoms with Gasteiger partial charge < -0.3 is 15.7 Å². The highest BCUT2D eigenvalue weighted by Crippen LogP contribution is 2.71. The maximum atomic E-state index is 13.0. The molecule has 4 saturated carbocycles. The molecule has 2 amide bonds. The molecule has 31 heavy (non-hydrogen) atoms. The highest BCUT2D eigenvalue weighted by atomic mass is 79.9. The molecule has 5 heteroatoms. The number of benzene rings is 1. The molecule has 1 spiro atoms. The first-order valence-electron chi connectivity index (χ1n) is 11.8. The van der Waals surface area contributed by atoms with Crippen molar-refractivity contribution < 1.29 is 9.90 Å². The molecule has 2 bridgehead atoms. The number of hydrogen-bond acceptors (Lipinski definition) is 2. The number of halogens is 1. The Morgan fingerprint density at radius 3 is 2.55 bits per heavy atom. The average Bonchev–Trinajstić information content (AvgIpc) is 2.87. The second kappa shape index (κ2) is 7.08. The van der Waals surface area contributed by atoms with Crippen molar-refractivity contribution in [3.8, 4) is 0 Å². The lowest BCUT2D eigenvalue weighted by molar-refractivity contribution is -0.148. The van der Waals surface area contributed by atoms with E-state index in [9.17, 15) is 9.90 Å². The number of fused-ring (bicyclic) bond motifs is 3. The Kier molecular flexibility index (Phi) is 4.92. The van der Waals surface area contributed by atoms with Gasteiger partial charge in [0.15, 0.2) is 0 Å². The van der Waals surface area contributed by atoms with Crippen molar-refractivity contribution in [3.05, 3.63) is 40.9 Å². The topological polar surface area (TPSA) is 61.4 Å². The van der Waals surface area contributed by atoms with Crippen molar-refractivity contribution in [3.63, 3.8) is 0 Å². The number of carbonyl (C=O) groups is 1. The number of nitrogens with one attached hydrogen (secondary N) is 2. The number of aliphatic hydroxyl groups is 1. The summed E-state index contributed by atoms with van der Waals surface area (Å²) in [5, 5.41) is 17.5. The van der Waals surface area contributed by atoms with Gasteiger partial charge in [0.2, 0.25) is 0 Å². The van der Waals surface area contributed by atoms with Crippen LogP contribution in [-0.4, -0.2) is 22.3 Å². The molecule has 5 rings (SSSR count). The third-order valence-electron chi connectivity index (χ3n) is 9.66. The molecule has 6 atom stereocenters. The zero-order chi connectivity index (χ0) is 22.1. The van der Waals surface area contributed by atoms with E-state index in [4.69, 9.17) is 0 Å². The number of rotatable bonds is 2. The molecule has 168 valence electrons. The predicted molar refractivity (Wildman–Crippen MR) is 128 cm³/mol. The van der Waals surface area contributed by atoms with E-state index in [1.807, 2.05) is 24.3 Å². The normalized spacial score (nSPS) is 43.7. The molecule has 0 unspecified atom stereocenters. The van der Waals surface area contributed by atoms with E-state index < -0.39 is 5.60 Å². The molecule has 0 radical (unpaired) electrons. The fraction of sp³-hybridized carbons (Fsp3) is 0.654. The monoisotopic (exact) mass is 486 g/mol. The summed E-state index contributed by atoms with van der Waals surface area (Å²) in [5.41, 5.74) is 1.46. The minimum atomic E-state index is -0.625. The molecule has 1 aromatic carbocycles. The van der Waals surface area contributed by atoms with Gasteiger partial charge in [-0.15, -0.1) is 0 Å². The molecule has 4 fully saturated rings. The number of carbonyl (C=O) groups excluding carboxylic acids is 1. The zero-order valence-corrected chi connectivity index (χ0v) is 20.4. The molecule has 3 N–H and O–H groups in total. The first kappa shape index (κ1) is 21.5. The molecule has 0 aromatic heterocycles. The van der Waals surface area contributed by atoms with Crippen LogP contribution >= 0.6 is 15.9 Å². The molecule has 0 saturated heterocycles. The van der Waals surface area contributed by atoms with E-state index in [0.29, 0.717) is 11.8 Å². The van der Waals surface area contributed by atoms with Crippen LogP contribution in [0.1, 0.15) is 71.6 Å². The van der Waals surface area contributed by atoms with Gasteiger partial charge in [0, 0.05) is 15.7 Å². The summed E-state index contributed by atoms with van der Waals surface area (Å²) >= 11 is 3.44. The number of urea groups is 1. The van der Waals surface area contributed by atoms with Crippen LogP contribution < -0.4 is 10.6 Å². The fourth-order valence-corrected chi connectivity index (χ4v) is 8.72. The van der Waals surface area contributed by atoms with Crippen molar-refractivity contribution in [1.29, 1.82) is 0 Å². The van der Waals surface area contributed by atoms with Crippen molar-refractivity contribution >= 4 is 27.6 Å². The summed E-state index contributed by atoms with van der Waals surface area (Å²) in [4.78, 5) is 13.0. The standard InChI is InChI=1S/C26H35BrN2O2/c1-17-15-25-13-9-20-23(2,21(25)10-14-26(17,31)16-25)11-4-12-24(20,3)29-22(30)28-19-7-5-18(27)6-8-19/h5-8,20-21,31H,1,4,9-16H2,2-3H3,(H2,28,29,30)/t20-,21-,23+,24+,25+,26-/m0/s1. The van der Waals surface area contributed by atoms with Gasteiger partial charge in [-0.2, -0.15) is 0 Å². The summed E-state index contributed by atoms with van der Waals surface area (Å²) in [6.07, 6.45) is 9.48. The summed E-state index contributed by atoms with van der Waals surface area (Å²) in [7, 11) is 0. The van der Waals surface area contributed by atoms with E-state index in [1.54, 1.807) is 0 Å². The minimum absolute atomic E-state index is 0.110. The van der Waals surface area contributed by atoms with Gasteiger partial charge in [0.25, 0.3) is 0 Å². The lowest BCUT2D eigenvalue weighted by Crippen LogP contribution is -2.65. The second-order valence-corrected chi connectivity index (χ2v) is 12.3. The third kappa shape index (κ3) is 3.30. The van der Waals surface area contributed by atoms with Crippen molar-refractivity contribution in [2.24, 2.45) is 22.7 Å². The second-order valence-electron chi connectivity index (χ2n) is 11.4. The van der Waals surface area contributed by atoms with Crippen molar-refractivity contribution in [2.45, 2.75) is 82.8 Å². The first-order chi connectivity index (χ1) is 14.6. The van der Waals surface area contributed by atoms with Gasteiger partial charge in [-0.05, 0) is 111 Å². The van der Waals surface area contributed by atoms with E-state index in [0.717, 1.165) is 67.1 Å². The maximum Gasteiger partial charge on any atom is 0.319 e. The smallest absolute Gasteiger partial charge is 0.319 e. The van der Waals surface area contributed by atoms with E-state index in [1.165, 1.54) is 6.42 Å². The number of amides is 2. The Morgan fingerprint density at radius 2 is 1.81 bits per heavy atom. The highest BCUT2D eigenvalue weighted by molar-refractivity contribution is 9.10. The molecule has 1 aromatic rings. The van der Waals surface area contributed by atoms with Gasteiger partial charge in [0.1, 0.15) is 0 Å².